The summed E-state index contributed by atoms with van der Waals surface area (Å²) in [5.41, 5.74) is 0.697. The third-order valence-corrected chi connectivity index (χ3v) is 5.61. The van der Waals surface area contributed by atoms with Crippen molar-refractivity contribution in [2.24, 2.45) is 0 Å². The van der Waals surface area contributed by atoms with Crippen LogP contribution in [0.15, 0.2) is 41.3 Å². The maximum Gasteiger partial charge on any atom is 0.265 e. The maximum absolute atomic E-state index is 13.6. The molecule has 1 fully saturated rings. The fourth-order valence-electron chi connectivity index (χ4n) is 2.94. The molecule has 0 radical (unpaired) electrons. The van der Waals surface area contributed by atoms with Gasteiger partial charge >= 0.3 is 0 Å². The zero-order valence-corrected chi connectivity index (χ0v) is 15.7. The molecule has 144 valence electrons. The molecule has 2 aromatic carbocycles. The molecule has 0 atom stereocenters. The molecule has 9 heteroatoms. The van der Waals surface area contributed by atoms with Crippen LogP contribution in [0.25, 0.3) is 0 Å². The molecule has 27 heavy (non-hydrogen) atoms. The molecule has 0 bridgehead atoms. The van der Waals surface area contributed by atoms with Gasteiger partial charge in [0.1, 0.15) is 22.2 Å². The third-order valence-electron chi connectivity index (χ3n) is 4.21. The first-order valence-electron chi connectivity index (χ1n) is 8.20. The van der Waals surface area contributed by atoms with E-state index in [1.807, 2.05) is 0 Å². The Labute approximate surface area is 156 Å². The van der Waals surface area contributed by atoms with E-state index in [9.17, 15) is 17.6 Å². The normalized spacial score (nSPS) is 14.3. The van der Waals surface area contributed by atoms with E-state index in [1.54, 1.807) is 11.0 Å². The van der Waals surface area contributed by atoms with Crippen molar-refractivity contribution in [3.05, 3.63) is 42.2 Å². The molecule has 0 aliphatic carbocycles. The van der Waals surface area contributed by atoms with Crippen molar-refractivity contribution in [1.29, 1.82) is 0 Å². The molecule has 0 unspecified atom stereocenters. The van der Waals surface area contributed by atoms with Crippen molar-refractivity contribution in [3.8, 4) is 11.5 Å². The Morgan fingerprint density at radius 1 is 1.07 bits per heavy atom. The van der Waals surface area contributed by atoms with E-state index in [0.29, 0.717) is 24.4 Å². The van der Waals surface area contributed by atoms with Gasteiger partial charge < -0.3 is 14.4 Å². The second-order valence-corrected chi connectivity index (χ2v) is 7.59. The number of rotatable bonds is 6. The van der Waals surface area contributed by atoms with Crippen molar-refractivity contribution in [3.63, 3.8) is 0 Å². The van der Waals surface area contributed by atoms with Crippen LogP contribution in [0.3, 0.4) is 0 Å². The molecule has 1 aliphatic rings. The van der Waals surface area contributed by atoms with Gasteiger partial charge in [-0.15, -0.1) is 0 Å². The molecule has 2 aromatic rings. The van der Waals surface area contributed by atoms with Crippen LogP contribution in [-0.2, 0) is 14.8 Å². The minimum atomic E-state index is -4.11. The summed E-state index contributed by atoms with van der Waals surface area (Å²) < 4.78 is 51.7. The van der Waals surface area contributed by atoms with Crippen LogP contribution < -0.4 is 19.1 Å². The van der Waals surface area contributed by atoms with E-state index in [4.69, 9.17) is 9.47 Å². The van der Waals surface area contributed by atoms with Gasteiger partial charge in [0.25, 0.3) is 10.0 Å². The molecular weight excluding hydrogens is 375 g/mol. The number of carbonyl (C=O) groups is 1. The first kappa shape index (κ1) is 19.0. The summed E-state index contributed by atoms with van der Waals surface area (Å²) in [6, 6.07) is 7.84. The van der Waals surface area contributed by atoms with Gasteiger partial charge in [0.05, 0.1) is 25.6 Å². The van der Waals surface area contributed by atoms with Gasteiger partial charge in [0.2, 0.25) is 5.91 Å². The molecule has 7 nitrogen and oxygen atoms in total. The number of hydrogen-bond donors (Lipinski definition) is 1. The van der Waals surface area contributed by atoms with Crippen molar-refractivity contribution in [2.75, 3.05) is 30.4 Å². The SMILES string of the molecule is COc1ccc(NS(=O)(=O)c2cc(F)ccc2OC)cc1N1CCCC1=O. The minimum Gasteiger partial charge on any atom is -0.495 e. The predicted octanol–water partition coefficient (Wildman–Crippen LogP) is 2.77. The maximum atomic E-state index is 13.6. The molecule has 0 aromatic heterocycles. The summed E-state index contributed by atoms with van der Waals surface area (Å²) in [4.78, 5) is 13.3. The van der Waals surface area contributed by atoms with E-state index >= 15 is 0 Å². The molecule has 0 spiro atoms. The van der Waals surface area contributed by atoms with Gasteiger partial charge in [-0.05, 0) is 42.8 Å². The minimum absolute atomic E-state index is 0.0207. The lowest BCUT2D eigenvalue weighted by atomic mass is 10.2. The van der Waals surface area contributed by atoms with Crippen molar-refractivity contribution in [2.45, 2.75) is 17.7 Å². The van der Waals surface area contributed by atoms with Gasteiger partial charge in [-0.25, -0.2) is 12.8 Å². The summed E-state index contributed by atoms with van der Waals surface area (Å²) in [5.74, 6) is -0.279. The Balaban J connectivity index is 1.98. The van der Waals surface area contributed by atoms with E-state index in [-0.39, 0.29) is 22.2 Å². The number of sulfonamides is 1. The lowest BCUT2D eigenvalue weighted by Gasteiger charge is -2.20. The zero-order valence-electron chi connectivity index (χ0n) is 14.9. The van der Waals surface area contributed by atoms with E-state index in [0.717, 1.165) is 18.6 Å². The molecule has 3 rings (SSSR count). The molecule has 0 saturated carbocycles. The van der Waals surface area contributed by atoms with E-state index in [2.05, 4.69) is 4.72 Å². The standard InChI is InChI=1S/C18H19FN2O5S/c1-25-15-8-6-13(11-14(15)21-9-3-4-18(21)22)20-27(23,24)17-10-12(19)5-7-16(17)26-2/h5-8,10-11,20H,3-4,9H2,1-2H3. The first-order valence-corrected chi connectivity index (χ1v) is 9.69. The number of nitrogens with zero attached hydrogens (tertiary/aromatic N) is 1. The molecular formula is C18H19FN2O5S. The quantitative estimate of drug-likeness (QED) is 0.814. The first-order chi connectivity index (χ1) is 12.9. The highest BCUT2D eigenvalue weighted by Crippen LogP contribution is 2.35. The summed E-state index contributed by atoms with van der Waals surface area (Å²) in [5, 5.41) is 0. The number of benzene rings is 2. The highest BCUT2D eigenvalue weighted by Gasteiger charge is 2.26. The number of carbonyl (C=O) groups excluding carboxylic acids is 1. The summed E-state index contributed by atoms with van der Waals surface area (Å²) in [7, 11) is -1.34. The number of methoxy groups -OCH3 is 2. The van der Waals surface area contributed by atoms with Gasteiger partial charge in [-0.3, -0.25) is 9.52 Å². The second-order valence-electron chi connectivity index (χ2n) is 5.94. The van der Waals surface area contributed by atoms with Crippen molar-refractivity contribution >= 4 is 27.3 Å². The predicted molar refractivity (Wildman–Crippen MR) is 98.3 cm³/mol. The van der Waals surface area contributed by atoms with Crippen molar-refractivity contribution in [1.82, 2.24) is 0 Å². The average Bonchev–Trinajstić information content (AvgIpc) is 3.07. The summed E-state index contributed by atoms with van der Waals surface area (Å²) >= 11 is 0. The summed E-state index contributed by atoms with van der Waals surface area (Å²) in [6.07, 6.45) is 1.15. The lowest BCUT2D eigenvalue weighted by molar-refractivity contribution is -0.117. The zero-order chi connectivity index (χ0) is 19.6. The molecule has 1 saturated heterocycles. The van der Waals surface area contributed by atoms with Crippen LogP contribution in [0, 0.1) is 5.82 Å². The Bertz CT molecular complexity index is 978. The molecule has 1 aliphatic heterocycles. The van der Waals surface area contributed by atoms with Gasteiger partial charge in [0.15, 0.2) is 0 Å². The van der Waals surface area contributed by atoms with E-state index < -0.39 is 15.8 Å². The van der Waals surface area contributed by atoms with Crippen LogP contribution in [0.2, 0.25) is 0 Å². The Morgan fingerprint density at radius 2 is 1.78 bits per heavy atom. The monoisotopic (exact) mass is 394 g/mol. The van der Waals surface area contributed by atoms with Gasteiger partial charge in [-0.1, -0.05) is 0 Å². The van der Waals surface area contributed by atoms with Crippen molar-refractivity contribution < 1.29 is 27.1 Å². The second kappa shape index (κ2) is 7.43. The molecule has 1 amide bonds. The van der Waals surface area contributed by atoms with E-state index in [1.165, 1.54) is 32.4 Å². The Kier molecular flexibility index (Phi) is 5.22. The summed E-state index contributed by atoms with van der Waals surface area (Å²) in [6.45, 7) is 0.531. The smallest absolute Gasteiger partial charge is 0.265 e. The fraction of sp³-hybridized carbons (Fsp3) is 0.278. The Hall–Kier alpha value is -2.81. The van der Waals surface area contributed by atoms with Crippen LogP contribution in [0.4, 0.5) is 15.8 Å². The number of halogens is 1. The topological polar surface area (TPSA) is 84.9 Å². The highest BCUT2D eigenvalue weighted by atomic mass is 32.2. The number of hydrogen-bond acceptors (Lipinski definition) is 5. The number of ether oxygens (including phenoxy) is 2. The molecule has 1 N–H and O–H groups in total. The highest BCUT2D eigenvalue weighted by molar-refractivity contribution is 7.92. The average molecular weight is 394 g/mol. The number of anilines is 2. The van der Waals surface area contributed by atoms with Gasteiger partial charge in [-0.2, -0.15) is 0 Å². The largest absolute Gasteiger partial charge is 0.495 e. The van der Waals surface area contributed by atoms with Crippen LogP contribution >= 0.6 is 0 Å². The number of amides is 1. The van der Waals surface area contributed by atoms with Crippen LogP contribution in [-0.4, -0.2) is 35.1 Å². The Morgan fingerprint density at radius 3 is 2.41 bits per heavy atom. The number of nitrogens with one attached hydrogen (secondary N) is 1. The van der Waals surface area contributed by atoms with Gasteiger partial charge in [0, 0.05) is 13.0 Å². The van der Waals surface area contributed by atoms with Crippen LogP contribution in [0.1, 0.15) is 12.8 Å². The third kappa shape index (κ3) is 3.82. The lowest BCUT2D eigenvalue weighted by Crippen LogP contribution is -2.24. The molecule has 1 heterocycles. The van der Waals surface area contributed by atoms with Crippen LogP contribution in [0.5, 0.6) is 11.5 Å². The fourth-order valence-corrected chi connectivity index (χ4v) is 4.17.